The van der Waals surface area contributed by atoms with Crippen molar-refractivity contribution in [1.29, 1.82) is 5.26 Å². The van der Waals surface area contributed by atoms with E-state index in [2.05, 4.69) is 27.7 Å². The molecule has 0 spiro atoms. The molecule has 0 fully saturated rings. The minimum atomic E-state index is -0.206. The minimum absolute atomic E-state index is 0.189. The van der Waals surface area contributed by atoms with Gasteiger partial charge in [-0.25, -0.2) is 9.67 Å². The largest absolute Gasteiger partial charge is 0.405 e. The summed E-state index contributed by atoms with van der Waals surface area (Å²) in [6.45, 7) is 4.65. The molecule has 8 nitrogen and oxygen atoms in total. The minimum Gasteiger partial charge on any atom is -0.405 e. The maximum absolute atomic E-state index is 13.0. The van der Waals surface area contributed by atoms with E-state index >= 15 is 0 Å². The molecule has 0 aliphatic carbocycles. The van der Waals surface area contributed by atoms with E-state index in [-0.39, 0.29) is 18.0 Å². The van der Waals surface area contributed by atoms with E-state index in [0.29, 0.717) is 18.5 Å². The van der Waals surface area contributed by atoms with Crippen LogP contribution < -0.4 is 11.3 Å². The van der Waals surface area contributed by atoms with Crippen molar-refractivity contribution in [2.75, 3.05) is 6.54 Å². The Kier molecular flexibility index (Phi) is 4.86. The van der Waals surface area contributed by atoms with E-state index in [1.807, 2.05) is 17.7 Å². The van der Waals surface area contributed by atoms with Crippen LogP contribution in [0.25, 0.3) is 21.3 Å². The Morgan fingerprint density at radius 1 is 1.55 bits per heavy atom. The van der Waals surface area contributed by atoms with E-state index in [9.17, 15) is 4.79 Å². The van der Waals surface area contributed by atoms with E-state index in [1.165, 1.54) is 22.2 Å². The zero-order valence-corrected chi connectivity index (χ0v) is 16.7. The topological polar surface area (TPSA) is 115 Å². The molecule has 3 aromatic rings. The maximum atomic E-state index is 13.0. The summed E-state index contributed by atoms with van der Waals surface area (Å²) in [7, 11) is 1.84. The molecule has 4 rings (SSSR count). The molecule has 1 atom stereocenters. The zero-order chi connectivity index (χ0) is 20.5. The third-order valence-electron chi connectivity index (χ3n) is 4.77. The molecule has 29 heavy (non-hydrogen) atoms. The van der Waals surface area contributed by atoms with Crippen molar-refractivity contribution in [2.24, 2.45) is 23.7 Å². The van der Waals surface area contributed by atoms with E-state index in [1.54, 1.807) is 18.3 Å². The van der Waals surface area contributed by atoms with Gasteiger partial charge in [-0.2, -0.15) is 10.4 Å². The zero-order valence-electron chi connectivity index (χ0n) is 15.9. The molecule has 0 radical (unpaired) electrons. The van der Waals surface area contributed by atoms with Gasteiger partial charge in [0.15, 0.2) is 5.65 Å². The van der Waals surface area contributed by atoms with E-state index in [4.69, 9.17) is 11.0 Å². The van der Waals surface area contributed by atoms with Crippen molar-refractivity contribution in [1.82, 2.24) is 19.3 Å². The highest BCUT2D eigenvalue weighted by Crippen LogP contribution is 2.31. The highest BCUT2D eigenvalue weighted by Gasteiger charge is 2.19. The summed E-state index contributed by atoms with van der Waals surface area (Å²) in [5.74, 6) is -0.206. The average Bonchev–Trinajstić information content (AvgIpc) is 3.23. The van der Waals surface area contributed by atoms with Crippen LogP contribution in [0, 0.1) is 17.2 Å². The summed E-state index contributed by atoms with van der Waals surface area (Å²) in [5, 5.41) is 15.0. The van der Waals surface area contributed by atoms with Gasteiger partial charge in [0.1, 0.15) is 10.5 Å². The number of hydrogen-bond donors (Lipinski definition) is 1. The van der Waals surface area contributed by atoms with Crippen molar-refractivity contribution in [3.8, 4) is 6.07 Å². The molecule has 146 valence electrons. The summed E-state index contributed by atoms with van der Waals surface area (Å²) in [4.78, 5) is 22.1. The van der Waals surface area contributed by atoms with Crippen molar-refractivity contribution in [3.05, 3.63) is 58.1 Å². The highest BCUT2D eigenvalue weighted by molar-refractivity contribution is 7.19. The van der Waals surface area contributed by atoms with Crippen LogP contribution in [0.1, 0.15) is 5.01 Å². The SMILES string of the molecule is C=C(/C=C\N)Cc1nc2c(s1)c1cnn(CC3=NCC(C#N)C=C3)c(=O)c1n2C. The quantitative estimate of drug-likeness (QED) is 0.653. The fourth-order valence-corrected chi connectivity index (χ4v) is 4.46. The van der Waals surface area contributed by atoms with Crippen LogP contribution in [0.2, 0.25) is 0 Å². The second-order valence-electron chi connectivity index (χ2n) is 6.81. The Hall–Kier alpha value is -3.51. The van der Waals surface area contributed by atoms with Gasteiger partial charge in [-0.05, 0) is 23.9 Å². The molecule has 4 heterocycles. The first-order valence-corrected chi connectivity index (χ1v) is 9.84. The number of nitriles is 1. The normalized spacial score (nSPS) is 16.6. The number of aryl methyl sites for hydroxylation is 1. The number of rotatable bonds is 5. The predicted molar refractivity (Wildman–Crippen MR) is 115 cm³/mol. The molecule has 9 heteroatoms. The van der Waals surface area contributed by atoms with Gasteiger partial charge in [0.05, 0.1) is 41.7 Å². The van der Waals surface area contributed by atoms with Crippen molar-refractivity contribution >= 4 is 38.3 Å². The van der Waals surface area contributed by atoms with Gasteiger partial charge in [0.25, 0.3) is 5.56 Å². The van der Waals surface area contributed by atoms with Crippen LogP contribution >= 0.6 is 11.3 Å². The highest BCUT2D eigenvalue weighted by atomic mass is 32.1. The summed E-state index contributed by atoms with van der Waals surface area (Å²) in [6, 6.07) is 2.16. The van der Waals surface area contributed by atoms with Crippen LogP contribution in [0.5, 0.6) is 0 Å². The Morgan fingerprint density at radius 3 is 3.07 bits per heavy atom. The molecule has 0 amide bonds. The number of dihydropyridines is 1. The standard InChI is InChI=1S/C20H19N7OS/c1-12(5-6-21)7-16-25-19-18(29-16)15-10-24-27(20(28)17(15)26(19)2)11-14-4-3-13(8-22)9-23-14/h3-6,10,13H,1,7,9,11,21H2,2H3/b6-5-. The molecule has 0 aromatic carbocycles. The van der Waals surface area contributed by atoms with Gasteiger partial charge < -0.3 is 10.3 Å². The summed E-state index contributed by atoms with van der Waals surface area (Å²) in [6.07, 6.45) is 9.13. The number of nitrogens with zero attached hydrogens (tertiary/aromatic N) is 6. The molecule has 2 N–H and O–H groups in total. The third-order valence-corrected chi connectivity index (χ3v) is 5.85. The average molecular weight is 405 g/mol. The first-order valence-electron chi connectivity index (χ1n) is 9.03. The molecule has 1 aliphatic heterocycles. The monoisotopic (exact) mass is 405 g/mol. The number of nitrogens with two attached hydrogens (primary N) is 1. The van der Waals surface area contributed by atoms with Crippen molar-refractivity contribution in [3.63, 3.8) is 0 Å². The summed E-state index contributed by atoms with van der Waals surface area (Å²) >= 11 is 1.53. The molecular weight excluding hydrogens is 386 g/mol. The van der Waals surface area contributed by atoms with Gasteiger partial charge >= 0.3 is 0 Å². The first-order chi connectivity index (χ1) is 14.0. The van der Waals surface area contributed by atoms with Gasteiger partial charge in [-0.15, -0.1) is 11.3 Å². The number of aromatic nitrogens is 4. The lowest BCUT2D eigenvalue weighted by Crippen LogP contribution is -2.28. The summed E-state index contributed by atoms with van der Waals surface area (Å²) in [5.41, 5.74) is 8.15. The van der Waals surface area contributed by atoms with E-state index in [0.717, 1.165) is 32.0 Å². The van der Waals surface area contributed by atoms with Crippen LogP contribution in [0.15, 0.2) is 52.6 Å². The molecule has 0 bridgehead atoms. The lowest BCUT2D eigenvalue weighted by Gasteiger charge is -2.10. The Balaban J connectivity index is 1.70. The van der Waals surface area contributed by atoms with Crippen LogP contribution in [0.3, 0.4) is 0 Å². The Bertz CT molecular complexity index is 1310. The molecular formula is C20H19N7OS. The second-order valence-corrected chi connectivity index (χ2v) is 7.89. The van der Waals surface area contributed by atoms with Crippen LogP contribution in [0.4, 0.5) is 0 Å². The lowest BCUT2D eigenvalue weighted by molar-refractivity contribution is 0.671. The van der Waals surface area contributed by atoms with Gasteiger partial charge in [-0.3, -0.25) is 9.79 Å². The maximum Gasteiger partial charge on any atom is 0.291 e. The number of fused-ring (bicyclic) bond motifs is 3. The number of thiazole rings is 1. The Morgan fingerprint density at radius 2 is 2.38 bits per heavy atom. The van der Waals surface area contributed by atoms with Gasteiger partial charge in [0, 0.05) is 18.9 Å². The molecule has 0 saturated carbocycles. The number of allylic oxidation sites excluding steroid dienone is 3. The van der Waals surface area contributed by atoms with Crippen molar-refractivity contribution in [2.45, 2.75) is 13.0 Å². The third kappa shape index (κ3) is 3.39. The van der Waals surface area contributed by atoms with Gasteiger partial charge in [0.2, 0.25) is 0 Å². The molecule has 0 saturated heterocycles. The fourth-order valence-electron chi connectivity index (χ4n) is 3.31. The van der Waals surface area contributed by atoms with Crippen molar-refractivity contribution < 1.29 is 0 Å². The number of hydrogen-bond acceptors (Lipinski definition) is 7. The van der Waals surface area contributed by atoms with Crippen LogP contribution in [-0.2, 0) is 20.0 Å². The molecule has 3 aromatic heterocycles. The fraction of sp³-hybridized carbons (Fsp3) is 0.250. The molecule has 1 aliphatic rings. The van der Waals surface area contributed by atoms with Crippen LogP contribution in [-0.4, -0.2) is 31.6 Å². The van der Waals surface area contributed by atoms with E-state index < -0.39 is 0 Å². The molecule has 1 unspecified atom stereocenters. The Labute approximate surface area is 170 Å². The summed E-state index contributed by atoms with van der Waals surface area (Å²) < 4.78 is 4.15. The smallest absolute Gasteiger partial charge is 0.291 e. The predicted octanol–water partition coefficient (Wildman–Crippen LogP) is 2.07. The second kappa shape index (κ2) is 7.48. The first kappa shape index (κ1) is 18.8. The van der Waals surface area contributed by atoms with Gasteiger partial charge in [-0.1, -0.05) is 12.7 Å². The number of aliphatic imine (C=N–C) groups is 1. The lowest BCUT2D eigenvalue weighted by atomic mass is 10.1.